The van der Waals surface area contributed by atoms with Gasteiger partial charge in [-0.15, -0.1) is 0 Å². The van der Waals surface area contributed by atoms with Crippen molar-refractivity contribution in [3.8, 4) is 0 Å². The van der Waals surface area contributed by atoms with Gasteiger partial charge in [-0.1, -0.05) is 67.8 Å². The summed E-state index contributed by atoms with van der Waals surface area (Å²) in [6, 6.07) is 14.3. The summed E-state index contributed by atoms with van der Waals surface area (Å²) in [5, 5.41) is 3.63. The number of hydrogen-bond donors (Lipinski definition) is 1. The first-order valence-corrected chi connectivity index (χ1v) is 15.2. The molecule has 3 rings (SSSR count). The lowest BCUT2D eigenvalue weighted by Crippen LogP contribution is -2.51. The summed E-state index contributed by atoms with van der Waals surface area (Å²) >= 11 is 6.23. The van der Waals surface area contributed by atoms with Crippen molar-refractivity contribution in [2.75, 3.05) is 17.1 Å². The maximum Gasteiger partial charge on any atom is 0.243 e. The highest BCUT2D eigenvalue weighted by Gasteiger charge is 2.30. The molecule has 7 nitrogen and oxygen atoms in total. The molecule has 202 valence electrons. The van der Waals surface area contributed by atoms with E-state index in [1.165, 1.54) is 4.31 Å². The molecule has 0 saturated heterocycles. The molecule has 0 spiro atoms. The summed E-state index contributed by atoms with van der Waals surface area (Å²) in [5.41, 5.74) is 2.11. The van der Waals surface area contributed by atoms with Crippen LogP contribution in [0.15, 0.2) is 48.5 Å². The number of rotatable bonds is 12. The van der Waals surface area contributed by atoms with Gasteiger partial charge in [0.15, 0.2) is 0 Å². The number of carbonyl (C=O) groups is 2. The number of sulfonamides is 1. The molecule has 0 bridgehead atoms. The summed E-state index contributed by atoms with van der Waals surface area (Å²) in [7, 11) is -3.59. The SMILES string of the molecule is CC[C@H](C(=O)NC1CCCC1)N(Cc1ccccc1)C(=O)CCCN(c1cccc(Cl)c1C)S(C)(=O)=O. The third-order valence-electron chi connectivity index (χ3n) is 6.94. The number of nitrogens with one attached hydrogen (secondary N) is 1. The van der Waals surface area contributed by atoms with Gasteiger partial charge in [0.25, 0.3) is 0 Å². The second-order valence-electron chi connectivity index (χ2n) is 9.74. The van der Waals surface area contributed by atoms with E-state index in [0.29, 0.717) is 35.7 Å². The molecule has 1 fully saturated rings. The van der Waals surface area contributed by atoms with Crippen molar-refractivity contribution in [3.05, 3.63) is 64.7 Å². The summed E-state index contributed by atoms with van der Waals surface area (Å²) < 4.78 is 26.5. The maximum absolute atomic E-state index is 13.5. The lowest BCUT2D eigenvalue weighted by atomic mass is 10.1. The van der Waals surface area contributed by atoms with E-state index >= 15 is 0 Å². The van der Waals surface area contributed by atoms with Crippen LogP contribution in [0.25, 0.3) is 0 Å². The highest BCUT2D eigenvalue weighted by molar-refractivity contribution is 7.92. The molecule has 1 aliphatic carbocycles. The number of carbonyl (C=O) groups excluding carboxylic acids is 2. The Morgan fingerprint density at radius 3 is 2.38 bits per heavy atom. The first kappa shape index (κ1) is 29.0. The molecule has 9 heteroatoms. The Kier molecular flexibility index (Phi) is 10.4. The predicted octanol–water partition coefficient (Wildman–Crippen LogP) is 5.06. The van der Waals surface area contributed by atoms with Crippen LogP contribution in [0.2, 0.25) is 5.02 Å². The van der Waals surface area contributed by atoms with Crippen molar-refractivity contribution < 1.29 is 18.0 Å². The number of amides is 2. The van der Waals surface area contributed by atoms with Crippen molar-refractivity contribution in [3.63, 3.8) is 0 Å². The largest absolute Gasteiger partial charge is 0.352 e. The quantitative estimate of drug-likeness (QED) is 0.402. The minimum atomic E-state index is -3.59. The summed E-state index contributed by atoms with van der Waals surface area (Å²) in [6.07, 6.45) is 6.23. The van der Waals surface area contributed by atoms with Gasteiger partial charge in [-0.2, -0.15) is 0 Å². The van der Waals surface area contributed by atoms with Crippen LogP contribution < -0.4 is 9.62 Å². The summed E-state index contributed by atoms with van der Waals surface area (Å²) in [5.74, 6) is -0.292. The van der Waals surface area contributed by atoms with Crippen LogP contribution in [0.3, 0.4) is 0 Å². The van der Waals surface area contributed by atoms with Crippen LogP contribution >= 0.6 is 11.6 Å². The maximum atomic E-state index is 13.5. The van der Waals surface area contributed by atoms with E-state index < -0.39 is 16.1 Å². The molecular weight excluding hydrogens is 510 g/mol. The molecule has 1 aliphatic rings. The van der Waals surface area contributed by atoms with Gasteiger partial charge in [-0.05, 0) is 55.9 Å². The molecule has 0 unspecified atom stereocenters. The zero-order valence-electron chi connectivity index (χ0n) is 22.0. The first-order chi connectivity index (χ1) is 17.6. The van der Waals surface area contributed by atoms with Crippen molar-refractivity contribution in [2.45, 2.75) is 77.4 Å². The van der Waals surface area contributed by atoms with Crippen LogP contribution in [0.1, 0.15) is 63.0 Å². The van der Waals surface area contributed by atoms with Gasteiger partial charge in [-0.3, -0.25) is 13.9 Å². The lowest BCUT2D eigenvalue weighted by Gasteiger charge is -2.32. The molecule has 1 N–H and O–H groups in total. The molecule has 2 aromatic rings. The van der Waals surface area contributed by atoms with Gasteiger partial charge in [0, 0.05) is 30.6 Å². The Balaban J connectivity index is 1.75. The Labute approximate surface area is 226 Å². The normalized spacial score (nSPS) is 14.8. The van der Waals surface area contributed by atoms with Gasteiger partial charge < -0.3 is 10.2 Å². The Bertz CT molecular complexity index is 1170. The Hall–Kier alpha value is -2.58. The van der Waals surface area contributed by atoms with Crippen molar-refractivity contribution in [1.82, 2.24) is 10.2 Å². The zero-order chi connectivity index (χ0) is 27.0. The third-order valence-corrected chi connectivity index (χ3v) is 8.53. The highest BCUT2D eigenvalue weighted by atomic mass is 35.5. The van der Waals surface area contributed by atoms with E-state index in [1.807, 2.05) is 37.3 Å². The van der Waals surface area contributed by atoms with Crippen LogP contribution in [0.5, 0.6) is 0 Å². The van der Waals surface area contributed by atoms with E-state index in [2.05, 4.69) is 5.32 Å². The molecule has 1 atom stereocenters. The molecule has 0 aliphatic heterocycles. The monoisotopic (exact) mass is 547 g/mol. The van der Waals surface area contributed by atoms with E-state index in [-0.39, 0.29) is 30.8 Å². The fourth-order valence-electron chi connectivity index (χ4n) is 4.92. The van der Waals surface area contributed by atoms with E-state index in [9.17, 15) is 18.0 Å². The molecule has 0 heterocycles. The molecule has 2 aromatic carbocycles. The highest BCUT2D eigenvalue weighted by Crippen LogP contribution is 2.28. The topological polar surface area (TPSA) is 86.8 Å². The van der Waals surface area contributed by atoms with Crippen LogP contribution in [0, 0.1) is 6.92 Å². The van der Waals surface area contributed by atoms with E-state index in [0.717, 1.165) is 37.5 Å². The average molecular weight is 548 g/mol. The Morgan fingerprint density at radius 1 is 1.08 bits per heavy atom. The standard InChI is InChI=1S/C28H38ClN3O4S/c1-4-25(28(34)30-23-14-8-9-15-23)31(20-22-12-6-5-7-13-22)27(33)18-11-19-32(37(3,35)36)26-17-10-16-24(29)21(26)2/h5-7,10,12-13,16-17,23,25H,4,8-9,11,14-15,18-20H2,1-3H3,(H,30,34)/t25-/m1/s1. The molecular formula is C28H38ClN3O4S. The molecule has 37 heavy (non-hydrogen) atoms. The fourth-order valence-corrected chi connectivity index (χ4v) is 6.10. The van der Waals surface area contributed by atoms with E-state index in [1.54, 1.807) is 30.0 Å². The average Bonchev–Trinajstić information content (AvgIpc) is 3.36. The van der Waals surface area contributed by atoms with Gasteiger partial charge >= 0.3 is 0 Å². The molecule has 0 radical (unpaired) electrons. The second kappa shape index (κ2) is 13.3. The van der Waals surface area contributed by atoms with Crippen molar-refractivity contribution >= 4 is 39.1 Å². The number of anilines is 1. The van der Waals surface area contributed by atoms with Gasteiger partial charge in [-0.25, -0.2) is 8.42 Å². The zero-order valence-corrected chi connectivity index (χ0v) is 23.5. The molecule has 2 amide bonds. The number of halogens is 1. The third kappa shape index (κ3) is 7.95. The van der Waals surface area contributed by atoms with Crippen molar-refractivity contribution in [2.24, 2.45) is 0 Å². The van der Waals surface area contributed by atoms with Crippen LogP contribution in [0.4, 0.5) is 5.69 Å². The van der Waals surface area contributed by atoms with Gasteiger partial charge in [0.2, 0.25) is 21.8 Å². The van der Waals surface area contributed by atoms with Crippen molar-refractivity contribution in [1.29, 1.82) is 0 Å². The minimum Gasteiger partial charge on any atom is -0.352 e. The van der Waals surface area contributed by atoms with Gasteiger partial charge in [0.05, 0.1) is 11.9 Å². The molecule has 1 saturated carbocycles. The number of benzene rings is 2. The smallest absolute Gasteiger partial charge is 0.243 e. The van der Waals surface area contributed by atoms with Crippen LogP contribution in [-0.4, -0.2) is 50.0 Å². The lowest BCUT2D eigenvalue weighted by molar-refractivity contribution is -0.141. The second-order valence-corrected chi connectivity index (χ2v) is 12.1. The van der Waals surface area contributed by atoms with E-state index in [4.69, 9.17) is 11.6 Å². The minimum absolute atomic E-state index is 0.117. The Morgan fingerprint density at radius 2 is 1.76 bits per heavy atom. The number of nitrogens with zero attached hydrogens (tertiary/aromatic N) is 2. The van der Waals surface area contributed by atoms with Gasteiger partial charge in [0.1, 0.15) is 6.04 Å². The summed E-state index contributed by atoms with van der Waals surface area (Å²) in [4.78, 5) is 28.4. The fraction of sp³-hybridized carbons (Fsp3) is 0.500. The molecule has 0 aromatic heterocycles. The summed E-state index contributed by atoms with van der Waals surface area (Å²) in [6.45, 7) is 4.14. The first-order valence-electron chi connectivity index (χ1n) is 13.0. The van der Waals surface area contributed by atoms with Crippen LogP contribution in [-0.2, 0) is 26.2 Å². The predicted molar refractivity (Wildman–Crippen MR) is 149 cm³/mol. The number of hydrogen-bond acceptors (Lipinski definition) is 4.